The first-order valence-electron chi connectivity index (χ1n) is 9.43. The van der Waals surface area contributed by atoms with Gasteiger partial charge < -0.3 is 25.1 Å². The van der Waals surface area contributed by atoms with E-state index in [1.807, 2.05) is 0 Å². The van der Waals surface area contributed by atoms with Gasteiger partial charge in [0, 0.05) is 24.3 Å². The van der Waals surface area contributed by atoms with Crippen LogP contribution in [0.1, 0.15) is 20.8 Å². The van der Waals surface area contributed by atoms with Crippen molar-refractivity contribution >= 4 is 46.6 Å². The maximum atomic E-state index is 12.6. The van der Waals surface area contributed by atoms with Crippen molar-refractivity contribution < 1.29 is 18.7 Å². The molecule has 8 nitrogen and oxygen atoms in total. The SMILES string of the molecule is NC(=O)c1nc(-c2c(Cl)cccc2Cl)oc1Nc1ccc(C(=O)N2CCOCC2)cc1. The number of aromatic nitrogens is 1. The molecule has 31 heavy (non-hydrogen) atoms. The summed E-state index contributed by atoms with van der Waals surface area (Å²) < 4.78 is 11.0. The van der Waals surface area contributed by atoms with E-state index in [0.29, 0.717) is 53.2 Å². The van der Waals surface area contributed by atoms with E-state index >= 15 is 0 Å². The number of rotatable bonds is 5. The van der Waals surface area contributed by atoms with Gasteiger partial charge in [-0.1, -0.05) is 29.3 Å². The second-order valence-corrected chi connectivity index (χ2v) is 7.58. The van der Waals surface area contributed by atoms with E-state index in [1.54, 1.807) is 47.4 Å². The Morgan fingerprint density at radius 3 is 2.29 bits per heavy atom. The van der Waals surface area contributed by atoms with Gasteiger partial charge in [0.1, 0.15) is 0 Å². The van der Waals surface area contributed by atoms with Gasteiger partial charge in [-0.2, -0.15) is 0 Å². The van der Waals surface area contributed by atoms with E-state index in [1.165, 1.54) is 0 Å². The average Bonchev–Trinajstić information content (AvgIpc) is 3.18. The summed E-state index contributed by atoms with van der Waals surface area (Å²) in [5.41, 5.74) is 6.83. The van der Waals surface area contributed by atoms with Crippen LogP contribution in [-0.2, 0) is 4.74 Å². The van der Waals surface area contributed by atoms with Crippen molar-refractivity contribution in [3.05, 3.63) is 63.8 Å². The number of hydrogen-bond acceptors (Lipinski definition) is 6. The first-order valence-corrected chi connectivity index (χ1v) is 10.2. The molecule has 1 saturated heterocycles. The summed E-state index contributed by atoms with van der Waals surface area (Å²) in [4.78, 5) is 30.4. The van der Waals surface area contributed by atoms with Crippen LogP contribution in [0.3, 0.4) is 0 Å². The second kappa shape index (κ2) is 8.97. The minimum atomic E-state index is -0.778. The van der Waals surface area contributed by atoms with Gasteiger partial charge in [-0.3, -0.25) is 9.59 Å². The Labute approximate surface area is 187 Å². The minimum absolute atomic E-state index is 0.0470. The standard InChI is InChI=1S/C21H18Cl2N4O4/c22-14-2-1-3-15(23)16(14)19-26-17(18(24)28)20(31-19)25-13-6-4-12(5-7-13)21(29)27-8-10-30-11-9-27/h1-7,25H,8-11H2,(H2,24,28). The molecule has 10 heteroatoms. The summed E-state index contributed by atoms with van der Waals surface area (Å²) in [5.74, 6) is -0.737. The van der Waals surface area contributed by atoms with E-state index in [9.17, 15) is 9.59 Å². The van der Waals surface area contributed by atoms with E-state index in [0.717, 1.165) is 0 Å². The summed E-state index contributed by atoms with van der Waals surface area (Å²) in [5, 5.41) is 3.61. The lowest BCUT2D eigenvalue weighted by molar-refractivity contribution is 0.0303. The van der Waals surface area contributed by atoms with Gasteiger partial charge in [0.05, 0.1) is 28.8 Å². The van der Waals surface area contributed by atoms with Crippen LogP contribution in [0.2, 0.25) is 10.0 Å². The zero-order valence-electron chi connectivity index (χ0n) is 16.2. The van der Waals surface area contributed by atoms with E-state index in [-0.39, 0.29) is 23.4 Å². The molecule has 1 aromatic heterocycles. The molecule has 0 unspecified atom stereocenters. The van der Waals surface area contributed by atoms with Crippen molar-refractivity contribution in [3.8, 4) is 11.5 Å². The van der Waals surface area contributed by atoms with Crippen LogP contribution in [0.15, 0.2) is 46.9 Å². The third-order valence-corrected chi connectivity index (χ3v) is 5.36. The predicted molar refractivity (Wildman–Crippen MR) is 117 cm³/mol. The number of amides is 2. The Bertz CT molecular complexity index is 1100. The van der Waals surface area contributed by atoms with Gasteiger partial charge in [-0.15, -0.1) is 0 Å². The lowest BCUT2D eigenvalue weighted by Gasteiger charge is -2.26. The third kappa shape index (κ3) is 4.51. The quantitative estimate of drug-likeness (QED) is 0.595. The van der Waals surface area contributed by atoms with Gasteiger partial charge in [0.2, 0.25) is 11.8 Å². The van der Waals surface area contributed by atoms with Crippen molar-refractivity contribution in [2.24, 2.45) is 5.73 Å². The van der Waals surface area contributed by atoms with Crippen LogP contribution in [0, 0.1) is 0 Å². The molecule has 0 atom stereocenters. The summed E-state index contributed by atoms with van der Waals surface area (Å²) in [7, 11) is 0. The van der Waals surface area contributed by atoms with Crippen LogP contribution >= 0.6 is 23.2 Å². The Kier molecular flexibility index (Phi) is 6.13. The number of carbonyl (C=O) groups excluding carboxylic acids is 2. The van der Waals surface area contributed by atoms with Crippen LogP contribution < -0.4 is 11.1 Å². The molecule has 1 fully saturated rings. The second-order valence-electron chi connectivity index (χ2n) is 6.76. The van der Waals surface area contributed by atoms with Gasteiger partial charge in [-0.05, 0) is 36.4 Å². The molecule has 0 aliphatic carbocycles. The first-order chi connectivity index (χ1) is 14.9. The Morgan fingerprint density at radius 2 is 1.68 bits per heavy atom. The molecule has 3 aromatic rings. The fourth-order valence-electron chi connectivity index (χ4n) is 3.16. The smallest absolute Gasteiger partial charge is 0.273 e. The zero-order chi connectivity index (χ0) is 22.0. The number of nitrogens with one attached hydrogen (secondary N) is 1. The Morgan fingerprint density at radius 1 is 1.03 bits per heavy atom. The molecule has 0 saturated carbocycles. The molecule has 0 spiro atoms. The average molecular weight is 461 g/mol. The van der Waals surface area contributed by atoms with Gasteiger partial charge in [0.25, 0.3) is 11.8 Å². The summed E-state index contributed by atoms with van der Waals surface area (Å²) in [6.45, 7) is 2.19. The Hall–Kier alpha value is -3.07. The highest BCUT2D eigenvalue weighted by Gasteiger charge is 2.23. The number of nitrogens with zero attached hydrogens (tertiary/aromatic N) is 2. The number of benzene rings is 2. The molecule has 1 aliphatic heterocycles. The van der Waals surface area contributed by atoms with E-state index in [4.69, 9.17) is 38.1 Å². The number of carbonyl (C=O) groups is 2. The van der Waals surface area contributed by atoms with Crippen LogP contribution in [0.5, 0.6) is 0 Å². The first kappa shape index (κ1) is 21.2. The lowest BCUT2D eigenvalue weighted by Crippen LogP contribution is -2.40. The summed E-state index contributed by atoms with van der Waals surface area (Å²) >= 11 is 12.4. The molecule has 2 amide bonds. The van der Waals surface area contributed by atoms with Crippen LogP contribution in [0.4, 0.5) is 11.6 Å². The molecular weight excluding hydrogens is 443 g/mol. The van der Waals surface area contributed by atoms with Crippen molar-refractivity contribution in [2.45, 2.75) is 0 Å². The molecule has 4 rings (SSSR count). The summed E-state index contributed by atoms with van der Waals surface area (Å²) in [6, 6.07) is 11.7. The van der Waals surface area contributed by atoms with Crippen molar-refractivity contribution in [2.75, 3.05) is 31.6 Å². The topological polar surface area (TPSA) is 111 Å². The molecule has 1 aliphatic rings. The maximum absolute atomic E-state index is 12.6. The zero-order valence-corrected chi connectivity index (χ0v) is 17.7. The van der Waals surface area contributed by atoms with Crippen LogP contribution in [-0.4, -0.2) is 48.0 Å². The fraction of sp³-hybridized carbons (Fsp3) is 0.190. The number of nitrogens with two attached hydrogens (primary N) is 1. The maximum Gasteiger partial charge on any atom is 0.273 e. The van der Waals surface area contributed by atoms with Crippen molar-refractivity contribution in [1.82, 2.24) is 9.88 Å². The molecule has 0 bridgehead atoms. The number of morpholine rings is 1. The lowest BCUT2D eigenvalue weighted by atomic mass is 10.1. The van der Waals surface area contributed by atoms with Gasteiger partial charge in [-0.25, -0.2) is 4.98 Å². The van der Waals surface area contributed by atoms with Gasteiger partial charge >= 0.3 is 0 Å². The molecule has 2 heterocycles. The number of primary amides is 1. The fourth-order valence-corrected chi connectivity index (χ4v) is 3.72. The predicted octanol–water partition coefficient (Wildman–Crippen LogP) is 3.96. The number of oxazole rings is 1. The minimum Gasteiger partial charge on any atom is -0.419 e. The highest BCUT2D eigenvalue weighted by molar-refractivity contribution is 6.38. The largest absolute Gasteiger partial charge is 0.419 e. The number of anilines is 2. The normalized spacial score (nSPS) is 13.8. The number of hydrogen-bond donors (Lipinski definition) is 2. The highest BCUT2D eigenvalue weighted by Crippen LogP contribution is 2.36. The van der Waals surface area contributed by atoms with E-state index < -0.39 is 5.91 Å². The van der Waals surface area contributed by atoms with Crippen LogP contribution in [0.25, 0.3) is 11.5 Å². The van der Waals surface area contributed by atoms with Gasteiger partial charge in [0.15, 0.2) is 5.69 Å². The molecular formula is C21H18Cl2N4O4. The molecule has 160 valence electrons. The summed E-state index contributed by atoms with van der Waals surface area (Å²) in [6.07, 6.45) is 0. The molecule has 3 N–H and O–H groups in total. The van der Waals surface area contributed by atoms with E-state index in [2.05, 4.69) is 10.3 Å². The number of halogens is 2. The highest BCUT2D eigenvalue weighted by atomic mass is 35.5. The van der Waals surface area contributed by atoms with Crippen molar-refractivity contribution in [1.29, 1.82) is 0 Å². The number of ether oxygens (including phenoxy) is 1. The van der Waals surface area contributed by atoms with Crippen molar-refractivity contribution in [3.63, 3.8) is 0 Å². The third-order valence-electron chi connectivity index (χ3n) is 4.73. The molecule has 2 aromatic carbocycles. The molecule has 0 radical (unpaired) electrons. The Balaban J connectivity index is 1.58. The monoisotopic (exact) mass is 460 g/mol.